The standard InChI is InChI=1S/C8H18N2O/c1-7(2,3)9-10(11)8(4,5)6/h1-6H3. The van der Waals surface area contributed by atoms with Gasteiger partial charge in [0.15, 0.2) is 5.54 Å². The van der Waals surface area contributed by atoms with Crippen LogP contribution < -0.4 is 0 Å². The summed E-state index contributed by atoms with van der Waals surface area (Å²) in [6.07, 6.45) is 0. The molecule has 0 saturated heterocycles. The zero-order valence-corrected chi connectivity index (χ0v) is 8.30. The van der Waals surface area contributed by atoms with Crippen molar-refractivity contribution >= 4 is 0 Å². The first-order chi connectivity index (χ1) is 4.63. The monoisotopic (exact) mass is 158 g/mol. The number of nitrogens with zero attached hydrogens (tertiary/aromatic N) is 2. The third kappa shape index (κ3) is 4.76. The molecule has 0 rings (SSSR count). The molecule has 0 aromatic heterocycles. The summed E-state index contributed by atoms with van der Waals surface area (Å²) in [7, 11) is 0. The van der Waals surface area contributed by atoms with E-state index in [4.69, 9.17) is 0 Å². The Kier molecular flexibility index (Phi) is 2.64. The molecule has 0 aromatic carbocycles. The van der Waals surface area contributed by atoms with Crippen molar-refractivity contribution in [3.63, 3.8) is 0 Å². The third-order valence-electron chi connectivity index (χ3n) is 0.965. The van der Waals surface area contributed by atoms with Gasteiger partial charge in [0.1, 0.15) is 5.54 Å². The predicted molar refractivity (Wildman–Crippen MR) is 45.6 cm³/mol. The molecule has 0 fully saturated rings. The average Bonchev–Trinajstić information content (AvgIpc) is 1.56. The lowest BCUT2D eigenvalue weighted by molar-refractivity contribution is -0.604. The van der Waals surface area contributed by atoms with Gasteiger partial charge in [0.05, 0.1) is 0 Å². The van der Waals surface area contributed by atoms with Crippen LogP contribution in [-0.2, 0) is 0 Å². The van der Waals surface area contributed by atoms with Crippen LogP contribution in [0.1, 0.15) is 41.5 Å². The quantitative estimate of drug-likeness (QED) is 0.303. The summed E-state index contributed by atoms with van der Waals surface area (Å²) in [4.78, 5) is 0.771. The SMILES string of the molecule is CC(C)(C)N=[N+]([O-])C(C)(C)C. The van der Waals surface area contributed by atoms with E-state index in [9.17, 15) is 5.21 Å². The number of hydrogen-bond acceptors (Lipinski definition) is 2. The summed E-state index contributed by atoms with van der Waals surface area (Å²) >= 11 is 0. The molecular formula is C8H18N2O. The summed E-state index contributed by atoms with van der Waals surface area (Å²) in [5.74, 6) is 0. The van der Waals surface area contributed by atoms with Crippen LogP contribution in [-0.4, -0.2) is 15.9 Å². The van der Waals surface area contributed by atoms with Crippen LogP contribution in [0, 0.1) is 5.21 Å². The average molecular weight is 158 g/mol. The van der Waals surface area contributed by atoms with Gasteiger partial charge in [-0.3, -0.25) is 0 Å². The summed E-state index contributed by atoms with van der Waals surface area (Å²) < 4.78 is 0. The van der Waals surface area contributed by atoms with E-state index in [-0.39, 0.29) is 5.54 Å². The Balaban J connectivity index is 4.49. The highest BCUT2D eigenvalue weighted by Gasteiger charge is 2.23. The van der Waals surface area contributed by atoms with Gasteiger partial charge < -0.3 is 5.21 Å². The Hall–Kier alpha value is -0.600. The molecule has 3 nitrogen and oxygen atoms in total. The van der Waals surface area contributed by atoms with Crippen LogP contribution in [0.25, 0.3) is 0 Å². The van der Waals surface area contributed by atoms with E-state index in [0.29, 0.717) is 0 Å². The molecule has 0 atom stereocenters. The van der Waals surface area contributed by atoms with Crippen molar-refractivity contribution in [1.29, 1.82) is 0 Å². The maximum atomic E-state index is 11.2. The molecule has 66 valence electrons. The van der Waals surface area contributed by atoms with E-state index in [1.165, 1.54) is 0 Å². The molecule has 0 amide bonds. The van der Waals surface area contributed by atoms with Gasteiger partial charge in [-0.25, -0.2) is 0 Å². The first-order valence-corrected chi connectivity index (χ1v) is 3.83. The maximum Gasteiger partial charge on any atom is 0.190 e. The van der Waals surface area contributed by atoms with Crippen molar-refractivity contribution in [2.45, 2.75) is 52.6 Å². The zero-order valence-electron chi connectivity index (χ0n) is 8.30. The molecule has 11 heavy (non-hydrogen) atoms. The first kappa shape index (κ1) is 10.4. The molecule has 0 aromatic rings. The lowest BCUT2D eigenvalue weighted by Gasteiger charge is -2.19. The summed E-state index contributed by atoms with van der Waals surface area (Å²) in [5, 5.41) is 15.2. The predicted octanol–water partition coefficient (Wildman–Crippen LogP) is 2.55. The Labute approximate surface area is 68.7 Å². The van der Waals surface area contributed by atoms with E-state index in [1.807, 2.05) is 41.5 Å². The number of azo groups is 1. The highest BCUT2D eigenvalue weighted by Crippen LogP contribution is 2.12. The van der Waals surface area contributed by atoms with Crippen LogP contribution in [0.2, 0.25) is 0 Å². The first-order valence-electron chi connectivity index (χ1n) is 3.83. The Morgan fingerprint density at radius 2 is 1.36 bits per heavy atom. The van der Waals surface area contributed by atoms with Gasteiger partial charge in [0.2, 0.25) is 0 Å². The fourth-order valence-corrected chi connectivity index (χ4v) is 0.422. The Bertz CT molecular complexity index is 160. The van der Waals surface area contributed by atoms with Crippen LogP contribution in [0.15, 0.2) is 5.11 Å². The van der Waals surface area contributed by atoms with Gasteiger partial charge in [-0.05, 0) is 25.9 Å². The molecule has 0 heterocycles. The molecule has 0 aliphatic carbocycles. The van der Waals surface area contributed by atoms with Gasteiger partial charge in [0.25, 0.3) is 0 Å². The molecule has 0 aliphatic rings. The second kappa shape index (κ2) is 2.80. The zero-order chi connectivity index (χ0) is 9.28. The van der Waals surface area contributed by atoms with Crippen LogP contribution in [0.4, 0.5) is 0 Å². The molecule has 0 bridgehead atoms. The van der Waals surface area contributed by atoms with E-state index in [2.05, 4.69) is 5.11 Å². The highest BCUT2D eigenvalue weighted by atomic mass is 16.5. The smallest absolute Gasteiger partial charge is 0.190 e. The van der Waals surface area contributed by atoms with Crippen molar-refractivity contribution < 1.29 is 4.86 Å². The van der Waals surface area contributed by atoms with Crippen LogP contribution >= 0.6 is 0 Å². The van der Waals surface area contributed by atoms with Gasteiger partial charge >= 0.3 is 0 Å². The Morgan fingerprint density at radius 1 is 1.00 bits per heavy atom. The molecule has 0 N–H and O–H groups in total. The minimum Gasteiger partial charge on any atom is -0.600 e. The minimum absolute atomic E-state index is 0.283. The van der Waals surface area contributed by atoms with Crippen molar-refractivity contribution in [3.05, 3.63) is 5.21 Å². The van der Waals surface area contributed by atoms with E-state index < -0.39 is 5.54 Å². The largest absolute Gasteiger partial charge is 0.600 e. The fourth-order valence-electron chi connectivity index (χ4n) is 0.422. The molecule has 0 unspecified atom stereocenters. The van der Waals surface area contributed by atoms with Crippen molar-refractivity contribution in [3.8, 4) is 0 Å². The minimum atomic E-state index is -0.423. The van der Waals surface area contributed by atoms with E-state index >= 15 is 0 Å². The molecular weight excluding hydrogens is 140 g/mol. The van der Waals surface area contributed by atoms with Gasteiger partial charge in [-0.1, -0.05) is 4.86 Å². The van der Waals surface area contributed by atoms with Gasteiger partial charge in [0, 0.05) is 20.8 Å². The number of hydrogen-bond donors (Lipinski definition) is 0. The summed E-state index contributed by atoms with van der Waals surface area (Å²) in [5.41, 5.74) is -0.706. The number of hydroxylamine groups is 1. The highest BCUT2D eigenvalue weighted by molar-refractivity contribution is 4.65. The second-order valence-electron chi connectivity index (χ2n) is 4.71. The molecule has 0 saturated carbocycles. The normalized spacial score (nSPS) is 15.3. The van der Waals surface area contributed by atoms with Gasteiger partial charge in [-0.2, -0.15) is 0 Å². The van der Waals surface area contributed by atoms with Crippen LogP contribution in [0.3, 0.4) is 0 Å². The topological polar surface area (TPSA) is 38.4 Å². The maximum absolute atomic E-state index is 11.2. The van der Waals surface area contributed by atoms with E-state index in [1.54, 1.807) is 0 Å². The lowest BCUT2D eigenvalue weighted by Crippen LogP contribution is -2.30. The summed E-state index contributed by atoms with van der Waals surface area (Å²) in [6.45, 7) is 11.2. The molecule has 3 heteroatoms. The van der Waals surface area contributed by atoms with Crippen molar-refractivity contribution in [2.24, 2.45) is 5.11 Å². The van der Waals surface area contributed by atoms with E-state index in [0.717, 1.165) is 4.86 Å². The van der Waals surface area contributed by atoms with Gasteiger partial charge in [-0.15, -0.1) is 0 Å². The molecule has 0 aliphatic heterocycles. The Morgan fingerprint density at radius 3 is 1.45 bits per heavy atom. The molecule has 0 radical (unpaired) electrons. The summed E-state index contributed by atoms with van der Waals surface area (Å²) in [6, 6.07) is 0. The third-order valence-corrected chi connectivity index (χ3v) is 0.965. The van der Waals surface area contributed by atoms with Crippen LogP contribution in [0.5, 0.6) is 0 Å². The second-order valence-corrected chi connectivity index (χ2v) is 4.71. The number of rotatable bonds is 0. The lowest BCUT2D eigenvalue weighted by atomic mass is 10.1. The van der Waals surface area contributed by atoms with Crippen molar-refractivity contribution in [1.82, 2.24) is 0 Å². The van der Waals surface area contributed by atoms with Crippen molar-refractivity contribution in [2.75, 3.05) is 0 Å². The fraction of sp³-hybridized carbons (Fsp3) is 1.00. The molecule has 0 spiro atoms.